The lowest BCUT2D eigenvalue weighted by Crippen LogP contribution is -2.54. The molecule has 0 spiro atoms. The van der Waals surface area contributed by atoms with Gasteiger partial charge < -0.3 is 9.47 Å². The van der Waals surface area contributed by atoms with Crippen LogP contribution >= 0.6 is 0 Å². The minimum atomic E-state index is -0.632. The van der Waals surface area contributed by atoms with Crippen molar-refractivity contribution in [3.63, 3.8) is 0 Å². The molecule has 3 aliphatic carbocycles. The third-order valence-electron chi connectivity index (χ3n) is 5.11. The highest BCUT2D eigenvalue weighted by atomic mass is 16.8. The molecule has 5 nitrogen and oxygen atoms in total. The first-order valence-electron chi connectivity index (χ1n) is 7.34. The predicted octanol–water partition coefficient (Wildman–Crippen LogP) is 0.943. The van der Waals surface area contributed by atoms with E-state index < -0.39 is 5.79 Å². The zero-order chi connectivity index (χ0) is 14.2. The fraction of sp³-hybridized carbons (Fsp3) is 0.733. The summed E-state index contributed by atoms with van der Waals surface area (Å²) in [7, 11) is 0. The van der Waals surface area contributed by atoms with Crippen LogP contribution in [0.4, 0.5) is 0 Å². The summed E-state index contributed by atoms with van der Waals surface area (Å²) in [6.07, 6.45) is 3.91. The Morgan fingerprint density at radius 2 is 1.50 bits per heavy atom. The highest BCUT2D eigenvalue weighted by molar-refractivity contribution is 6.06. The molecule has 5 rings (SSSR count). The summed E-state index contributed by atoms with van der Waals surface area (Å²) in [5.41, 5.74) is 0. The fourth-order valence-electron chi connectivity index (χ4n) is 4.43. The summed E-state index contributed by atoms with van der Waals surface area (Å²) in [4.78, 5) is 26.4. The molecule has 5 heteroatoms. The van der Waals surface area contributed by atoms with Crippen LogP contribution in [0.1, 0.15) is 20.8 Å². The molecule has 1 saturated carbocycles. The molecule has 2 amide bonds. The van der Waals surface area contributed by atoms with E-state index in [4.69, 9.17) is 9.47 Å². The van der Waals surface area contributed by atoms with Crippen LogP contribution in [0.2, 0.25) is 0 Å². The molecule has 0 N–H and O–H groups in total. The predicted molar refractivity (Wildman–Crippen MR) is 69.3 cm³/mol. The Labute approximate surface area is 117 Å². The van der Waals surface area contributed by atoms with Crippen LogP contribution < -0.4 is 0 Å². The van der Waals surface area contributed by atoms with Gasteiger partial charge in [0.2, 0.25) is 11.8 Å². The van der Waals surface area contributed by atoms with Gasteiger partial charge in [-0.1, -0.05) is 12.2 Å². The van der Waals surface area contributed by atoms with Gasteiger partial charge in [-0.25, -0.2) is 0 Å². The summed E-state index contributed by atoms with van der Waals surface area (Å²) in [6, 6.07) is 0. The van der Waals surface area contributed by atoms with Crippen LogP contribution in [0.25, 0.3) is 0 Å². The van der Waals surface area contributed by atoms with E-state index in [1.807, 2.05) is 20.8 Å². The summed E-state index contributed by atoms with van der Waals surface area (Å²) in [5.74, 6) is -1.28. The molecule has 6 atom stereocenters. The molecule has 2 bridgehead atoms. The quantitative estimate of drug-likeness (QED) is 0.529. The number of ether oxygens (including phenoxy) is 2. The van der Waals surface area contributed by atoms with Crippen molar-refractivity contribution in [2.24, 2.45) is 23.7 Å². The van der Waals surface area contributed by atoms with Gasteiger partial charge in [0.25, 0.3) is 0 Å². The average molecular weight is 277 g/mol. The van der Waals surface area contributed by atoms with Crippen molar-refractivity contribution >= 4 is 11.8 Å². The van der Waals surface area contributed by atoms with E-state index in [0.717, 1.165) is 0 Å². The molecule has 108 valence electrons. The Hall–Kier alpha value is -1.20. The van der Waals surface area contributed by atoms with E-state index in [1.54, 1.807) is 0 Å². The Balaban J connectivity index is 1.76. The second kappa shape index (κ2) is 3.71. The maximum absolute atomic E-state index is 12.5. The summed E-state index contributed by atoms with van der Waals surface area (Å²) < 4.78 is 12.0. The average Bonchev–Trinajstić information content (AvgIpc) is 2.86. The number of rotatable bonds is 1. The lowest BCUT2D eigenvalue weighted by molar-refractivity contribution is -0.152. The number of hydrogen-bond acceptors (Lipinski definition) is 4. The third kappa shape index (κ3) is 1.35. The number of carbonyl (C=O) groups is 2. The van der Waals surface area contributed by atoms with E-state index >= 15 is 0 Å². The van der Waals surface area contributed by atoms with Crippen LogP contribution in [-0.4, -0.2) is 41.3 Å². The van der Waals surface area contributed by atoms with Gasteiger partial charge in [0.1, 0.15) is 0 Å². The highest BCUT2D eigenvalue weighted by Crippen LogP contribution is 2.55. The van der Waals surface area contributed by atoms with E-state index in [-0.39, 0.29) is 47.7 Å². The maximum Gasteiger partial charge on any atom is 0.233 e. The Morgan fingerprint density at radius 3 is 1.90 bits per heavy atom. The Morgan fingerprint density at radius 1 is 1.05 bits per heavy atom. The Kier molecular flexibility index (Phi) is 2.32. The van der Waals surface area contributed by atoms with Crippen LogP contribution in [0, 0.1) is 23.7 Å². The van der Waals surface area contributed by atoms with E-state index in [1.165, 1.54) is 4.90 Å². The van der Waals surface area contributed by atoms with Crippen LogP contribution in [0.5, 0.6) is 0 Å². The summed E-state index contributed by atoms with van der Waals surface area (Å²) >= 11 is 0. The van der Waals surface area contributed by atoms with Crippen molar-refractivity contribution in [3.8, 4) is 0 Å². The summed E-state index contributed by atoms with van der Waals surface area (Å²) in [5, 5.41) is 0. The van der Waals surface area contributed by atoms with Gasteiger partial charge in [-0.2, -0.15) is 0 Å². The van der Waals surface area contributed by atoms with E-state index in [2.05, 4.69) is 12.2 Å². The summed E-state index contributed by atoms with van der Waals surface area (Å²) in [6.45, 7) is 6.08. The number of hydrogen-bond donors (Lipinski definition) is 0. The highest BCUT2D eigenvalue weighted by Gasteiger charge is 2.65. The number of nitrogens with zero attached hydrogens (tertiary/aromatic N) is 1. The first kappa shape index (κ1) is 12.5. The number of imide groups is 1. The molecule has 2 saturated heterocycles. The van der Waals surface area contributed by atoms with Gasteiger partial charge in [-0.15, -0.1) is 0 Å². The van der Waals surface area contributed by atoms with Gasteiger partial charge in [0, 0.05) is 18.4 Å². The second-order valence-corrected chi connectivity index (χ2v) is 6.58. The first-order chi connectivity index (χ1) is 9.44. The molecule has 0 unspecified atom stereocenters. The molecule has 2 aliphatic heterocycles. The topological polar surface area (TPSA) is 55.8 Å². The molecule has 0 aromatic rings. The molecular weight excluding hydrogens is 258 g/mol. The number of amides is 2. The molecule has 5 aliphatic rings. The van der Waals surface area contributed by atoms with Gasteiger partial charge in [-0.05, 0) is 20.8 Å². The zero-order valence-electron chi connectivity index (χ0n) is 11.9. The van der Waals surface area contributed by atoms with Gasteiger partial charge >= 0.3 is 0 Å². The van der Waals surface area contributed by atoms with Crippen molar-refractivity contribution < 1.29 is 19.1 Å². The lowest BCUT2D eigenvalue weighted by atomic mass is 9.60. The zero-order valence-corrected chi connectivity index (χ0v) is 11.9. The normalized spacial score (nSPS) is 47.9. The van der Waals surface area contributed by atoms with Gasteiger partial charge in [0.05, 0.1) is 24.0 Å². The molecule has 20 heavy (non-hydrogen) atoms. The maximum atomic E-state index is 12.5. The van der Waals surface area contributed by atoms with Crippen molar-refractivity contribution in [1.29, 1.82) is 0 Å². The SMILES string of the molecule is CCN1C(=O)[C@@H]2[C@@H]3C=C[C@@H]([C@H]4OC(C)(C)O[C@@H]34)[C@@H]2C1=O. The fourth-order valence-corrected chi connectivity index (χ4v) is 4.43. The van der Waals surface area contributed by atoms with Gasteiger partial charge in [0.15, 0.2) is 5.79 Å². The lowest BCUT2D eigenvalue weighted by Gasteiger charge is -2.44. The minimum Gasteiger partial charge on any atom is -0.344 e. The number of carbonyl (C=O) groups excluding carboxylic acids is 2. The van der Waals surface area contributed by atoms with Crippen molar-refractivity contribution in [2.45, 2.75) is 38.8 Å². The third-order valence-corrected chi connectivity index (χ3v) is 5.11. The van der Waals surface area contributed by atoms with Crippen molar-refractivity contribution in [3.05, 3.63) is 12.2 Å². The smallest absolute Gasteiger partial charge is 0.233 e. The monoisotopic (exact) mass is 277 g/mol. The molecule has 2 heterocycles. The minimum absolute atomic E-state index is 0.0337. The molecule has 0 aromatic heterocycles. The van der Waals surface area contributed by atoms with E-state index in [0.29, 0.717) is 6.54 Å². The van der Waals surface area contributed by atoms with Crippen molar-refractivity contribution in [2.75, 3.05) is 6.54 Å². The largest absolute Gasteiger partial charge is 0.344 e. The van der Waals surface area contributed by atoms with Gasteiger partial charge in [-0.3, -0.25) is 14.5 Å². The van der Waals surface area contributed by atoms with E-state index in [9.17, 15) is 9.59 Å². The number of likely N-dealkylation sites (tertiary alicyclic amines) is 1. The second-order valence-electron chi connectivity index (χ2n) is 6.58. The Bertz CT molecular complexity index is 484. The van der Waals surface area contributed by atoms with Crippen LogP contribution in [0.3, 0.4) is 0 Å². The van der Waals surface area contributed by atoms with Crippen LogP contribution in [0.15, 0.2) is 12.2 Å². The van der Waals surface area contributed by atoms with Crippen LogP contribution in [-0.2, 0) is 19.1 Å². The molecule has 0 aromatic carbocycles. The molecular formula is C15H19NO4. The molecule has 3 fully saturated rings. The first-order valence-corrected chi connectivity index (χ1v) is 7.34. The standard InChI is InChI=1S/C15H19NO4/c1-4-16-13(17)9-7-5-6-8(10(9)14(16)18)12-11(7)19-15(2,3)20-12/h5-12H,4H2,1-3H3/t7-,8+,9+,10-,11-,12+. The van der Waals surface area contributed by atoms with Crippen molar-refractivity contribution in [1.82, 2.24) is 4.90 Å². The molecule has 0 radical (unpaired) electrons.